The highest BCUT2D eigenvalue weighted by molar-refractivity contribution is 5.48. The van der Waals surface area contributed by atoms with Gasteiger partial charge in [-0.3, -0.25) is 0 Å². The second-order valence-electron chi connectivity index (χ2n) is 4.96. The SMILES string of the molecule is CCNc1cccc(N2CCCC(C)C2C)n1. The number of hydrogen-bond acceptors (Lipinski definition) is 3. The molecule has 1 aliphatic rings. The Morgan fingerprint density at radius 2 is 2.24 bits per heavy atom. The van der Waals surface area contributed by atoms with E-state index in [1.54, 1.807) is 0 Å². The molecule has 3 heteroatoms. The molecule has 1 aromatic rings. The van der Waals surface area contributed by atoms with E-state index in [1.807, 2.05) is 6.07 Å². The van der Waals surface area contributed by atoms with Crippen molar-refractivity contribution >= 4 is 11.6 Å². The van der Waals surface area contributed by atoms with E-state index in [4.69, 9.17) is 0 Å². The maximum absolute atomic E-state index is 4.69. The first kappa shape index (κ1) is 12.2. The van der Waals surface area contributed by atoms with Crippen LogP contribution in [-0.4, -0.2) is 24.1 Å². The summed E-state index contributed by atoms with van der Waals surface area (Å²) in [4.78, 5) is 7.13. The minimum atomic E-state index is 0.591. The summed E-state index contributed by atoms with van der Waals surface area (Å²) in [7, 11) is 0. The average Bonchev–Trinajstić information content (AvgIpc) is 2.33. The first-order valence-corrected chi connectivity index (χ1v) is 6.70. The highest BCUT2D eigenvalue weighted by atomic mass is 15.2. The maximum Gasteiger partial charge on any atom is 0.131 e. The first-order valence-electron chi connectivity index (χ1n) is 6.70. The molecule has 1 aliphatic heterocycles. The number of anilines is 2. The summed E-state index contributed by atoms with van der Waals surface area (Å²) in [6, 6.07) is 6.83. The average molecular weight is 233 g/mol. The molecule has 0 aromatic carbocycles. The van der Waals surface area contributed by atoms with Crippen LogP contribution in [0.3, 0.4) is 0 Å². The van der Waals surface area contributed by atoms with Gasteiger partial charge in [-0.05, 0) is 44.7 Å². The Morgan fingerprint density at radius 1 is 1.41 bits per heavy atom. The number of nitrogens with zero attached hydrogens (tertiary/aromatic N) is 2. The van der Waals surface area contributed by atoms with Crippen LogP contribution in [-0.2, 0) is 0 Å². The van der Waals surface area contributed by atoms with Gasteiger partial charge in [0.2, 0.25) is 0 Å². The van der Waals surface area contributed by atoms with Crippen LogP contribution in [0.1, 0.15) is 33.6 Å². The Hall–Kier alpha value is -1.25. The standard InChI is InChI=1S/C14H23N3/c1-4-15-13-8-5-9-14(16-13)17-10-6-7-11(2)12(17)3/h5,8-9,11-12H,4,6-7,10H2,1-3H3,(H,15,16). The summed E-state index contributed by atoms with van der Waals surface area (Å²) in [6.45, 7) is 8.80. The zero-order valence-electron chi connectivity index (χ0n) is 11.1. The van der Waals surface area contributed by atoms with Crippen molar-refractivity contribution in [3.05, 3.63) is 18.2 Å². The highest BCUT2D eigenvalue weighted by Crippen LogP contribution is 2.27. The normalized spacial score (nSPS) is 24.8. The third-order valence-corrected chi connectivity index (χ3v) is 3.76. The van der Waals surface area contributed by atoms with Crippen LogP contribution in [0, 0.1) is 5.92 Å². The van der Waals surface area contributed by atoms with Crippen molar-refractivity contribution in [1.82, 2.24) is 4.98 Å². The highest BCUT2D eigenvalue weighted by Gasteiger charge is 2.25. The molecule has 2 atom stereocenters. The summed E-state index contributed by atoms with van der Waals surface area (Å²) in [5.74, 6) is 2.85. The molecule has 1 aromatic heterocycles. The van der Waals surface area contributed by atoms with Crippen LogP contribution in [0.25, 0.3) is 0 Å². The fourth-order valence-corrected chi connectivity index (χ4v) is 2.52. The Kier molecular flexibility index (Phi) is 3.87. The summed E-state index contributed by atoms with van der Waals surface area (Å²) in [5, 5.41) is 3.28. The van der Waals surface area contributed by atoms with Crippen molar-refractivity contribution < 1.29 is 0 Å². The third kappa shape index (κ3) is 2.71. The van der Waals surface area contributed by atoms with Gasteiger partial charge in [0.25, 0.3) is 0 Å². The molecule has 2 rings (SSSR count). The molecule has 0 aliphatic carbocycles. The van der Waals surface area contributed by atoms with E-state index in [0.717, 1.165) is 30.6 Å². The molecule has 2 unspecified atom stereocenters. The number of pyridine rings is 1. The van der Waals surface area contributed by atoms with Crippen molar-refractivity contribution in [3.63, 3.8) is 0 Å². The molecule has 1 N–H and O–H groups in total. The monoisotopic (exact) mass is 233 g/mol. The van der Waals surface area contributed by atoms with Crippen molar-refractivity contribution in [2.24, 2.45) is 5.92 Å². The predicted molar refractivity (Wildman–Crippen MR) is 73.6 cm³/mol. The lowest BCUT2D eigenvalue weighted by Crippen LogP contribution is -2.42. The van der Waals surface area contributed by atoms with Crippen LogP contribution in [0.5, 0.6) is 0 Å². The summed E-state index contributed by atoms with van der Waals surface area (Å²) in [5.41, 5.74) is 0. The first-order chi connectivity index (χ1) is 8.22. The van der Waals surface area contributed by atoms with Gasteiger partial charge >= 0.3 is 0 Å². The van der Waals surface area contributed by atoms with Gasteiger partial charge in [-0.25, -0.2) is 4.98 Å². The van der Waals surface area contributed by atoms with Gasteiger partial charge in [-0.15, -0.1) is 0 Å². The van der Waals surface area contributed by atoms with E-state index in [1.165, 1.54) is 12.8 Å². The van der Waals surface area contributed by atoms with E-state index in [9.17, 15) is 0 Å². The molecule has 94 valence electrons. The van der Waals surface area contributed by atoms with Gasteiger partial charge in [0.05, 0.1) is 0 Å². The molecule has 0 saturated carbocycles. The Balaban J connectivity index is 2.17. The van der Waals surface area contributed by atoms with Crippen LogP contribution in [0.15, 0.2) is 18.2 Å². The van der Waals surface area contributed by atoms with Gasteiger partial charge in [-0.1, -0.05) is 13.0 Å². The zero-order valence-corrected chi connectivity index (χ0v) is 11.1. The predicted octanol–water partition coefficient (Wildman–Crippen LogP) is 3.14. The smallest absolute Gasteiger partial charge is 0.131 e. The molecule has 0 amide bonds. The van der Waals surface area contributed by atoms with E-state index >= 15 is 0 Å². The van der Waals surface area contributed by atoms with E-state index in [-0.39, 0.29) is 0 Å². The minimum absolute atomic E-state index is 0.591. The van der Waals surface area contributed by atoms with Gasteiger partial charge in [0, 0.05) is 19.1 Å². The molecule has 1 saturated heterocycles. The second kappa shape index (κ2) is 5.39. The fourth-order valence-electron chi connectivity index (χ4n) is 2.52. The second-order valence-corrected chi connectivity index (χ2v) is 4.96. The molecule has 0 bridgehead atoms. The van der Waals surface area contributed by atoms with E-state index in [0.29, 0.717) is 6.04 Å². The quantitative estimate of drug-likeness (QED) is 0.869. The lowest BCUT2D eigenvalue weighted by atomic mass is 9.92. The van der Waals surface area contributed by atoms with Crippen LogP contribution >= 0.6 is 0 Å². The van der Waals surface area contributed by atoms with Crippen molar-refractivity contribution in [2.45, 2.75) is 39.7 Å². The molecule has 2 heterocycles. The summed E-state index contributed by atoms with van der Waals surface area (Å²) < 4.78 is 0. The number of hydrogen-bond donors (Lipinski definition) is 1. The number of nitrogens with one attached hydrogen (secondary N) is 1. The Bertz CT molecular complexity index is 364. The molecule has 3 nitrogen and oxygen atoms in total. The van der Waals surface area contributed by atoms with E-state index in [2.05, 4.69) is 48.1 Å². The Labute approximate surface area is 104 Å². The van der Waals surface area contributed by atoms with Crippen LogP contribution < -0.4 is 10.2 Å². The molecule has 0 radical (unpaired) electrons. The number of rotatable bonds is 3. The number of piperidine rings is 1. The molecule has 1 fully saturated rings. The van der Waals surface area contributed by atoms with Crippen molar-refractivity contribution in [2.75, 3.05) is 23.3 Å². The summed E-state index contributed by atoms with van der Waals surface area (Å²) >= 11 is 0. The zero-order chi connectivity index (χ0) is 12.3. The maximum atomic E-state index is 4.69. The lowest BCUT2D eigenvalue weighted by molar-refractivity contribution is 0.361. The van der Waals surface area contributed by atoms with Crippen LogP contribution in [0.4, 0.5) is 11.6 Å². The summed E-state index contributed by atoms with van der Waals surface area (Å²) in [6.07, 6.45) is 2.61. The third-order valence-electron chi connectivity index (χ3n) is 3.76. The van der Waals surface area contributed by atoms with Gasteiger partial charge < -0.3 is 10.2 Å². The number of aromatic nitrogens is 1. The van der Waals surface area contributed by atoms with Gasteiger partial charge in [0.15, 0.2) is 0 Å². The fraction of sp³-hybridized carbons (Fsp3) is 0.643. The topological polar surface area (TPSA) is 28.2 Å². The van der Waals surface area contributed by atoms with Gasteiger partial charge in [0.1, 0.15) is 11.6 Å². The minimum Gasteiger partial charge on any atom is -0.370 e. The molecule has 17 heavy (non-hydrogen) atoms. The largest absolute Gasteiger partial charge is 0.370 e. The van der Waals surface area contributed by atoms with Gasteiger partial charge in [-0.2, -0.15) is 0 Å². The van der Waals surface area contributed by atoms with Crippen LogP contribution in [0.2, 0.25) is 0 Å². The van der Waals surface area contributed by atoms with Crippen molar-refractivity contribution in [3.8, 4) is 0 Å². The van der Waals surface area contributed by atoms with Crippen molar-refractivity contribution in [1.29, 1.82) is 0 Å². The van der Waals surface area contributed by atoms with E-state index < -0.39 is 0 Å². The molecule has 0 spiro atoms. The lowest BCUT2D eigenvalue weighted by Gasteiger charge is -2.38. The Morgan fingerprint density at radius 3 is 3.00 bits per heavy atom. The molecular formula is C14H23N3. The molecular weight excluding hydrogens is 210 g/mol.